The highest BCUT2D eigenvalue weighted by Gasteiger charge is 2.17. The maximum absolute atomic E-state index is 12.4. The standard InChI is InChI=1S/C22H26ClNOSi/c1-18(25)24(17-19-10-6-5-7-11-19)22(14-9-15-26(2,3)4)20-12-8-13-21(23)16-20/h5-16H,17H2,1-4H3/b15-9+,22-14-. The molecule has 2 aromatic rings. The SMILES string of the molecule is CC(=O)N(Cc1ccccc1)/C(=C\C=C\[Si](C)(C)C)c1cccc(Cl)c1. The molecule has 0 aliphatic rings. The molecule has 2 nitrogen and oxygen atoms in total. The van der Waals surface area contributed by atoms with Crippen LogP contribution in [0.15, 0.2) is 72.4 Å². The van der Waals surface area contributed by atoms with E-state index in [1.54, 1.807) is 11.8 Å². The van der Waals surface area contributed by atoms with Crippen molar-refractivity contribution < 1.29 is 4.79 Å². The van der Waals surface area contributed by atoms with Crippen LogP contribution in [0.2, 0.25) is 24.7 Å². The van der Waals surface area contributed by atoms with Gasteiger partial charge in [-0.3, -0.25) is 4.79 Å². The molecular formula is C22H26ClNOSi. The molecule has 0 spiro atoms. The summed E-state index contributed by atoms with van der Waals surface area (Å²) in [5, 5.41) is 0.658. The van der Waals surface area contributed by atoms with Crippen LogP contribution in [0.5, 0.6) is 0 Å². The predicted molar refractivity (Wildman–Crippen MR) is 115 cm³/mol. The zero-order valence-corrected chi connectivity index (χ0v) is 17.6. The summed E-state index contributed by atoms with van der Waals surface area (Å²) >= 11 is 6.20. The number of hydrogen-bond donors (Lipinski definition) is 0. The average Bonchev–Trinajstić information content (AvgIpc) is 2.57. The molecule has 0 aliphatic carbocycles. The van der Waals surface area contributed by atoms with E-state index in [4.69, 9.17) is 11.6 Å². The highest BCUT2D eigenvalue weighted by atomic mass is 35.5. The van der Waals surface area contributed by atoms with Gasteiger partial charge < -0.3 is 4.90 Å². The van der Waals surface area contributed by atoms with Crippen molar-refractivity contribution in [2.24, 2.45) is 0 Å². The lowest BCUT2D eigenvalue weighted by Crippen LogP contribution is -2.26. The Bertz CT molecular complexity index is 806. The number of hydrogen-bond acceptors (Lipinski definition) is 1. The van der Waals surface area contributed by atoms with E-state index in [1.807, 2.05) is 60.7 Å². The van der Waals surface area contributed by atoms with Gasteiger partial charge in [0.1, 0.15) is 0 Å². The van der Waals surface area contributed by atoms with Crippen molar-refractivity contribution in [3.8, 4) is 0 Å². The van der Waals surface area contributed by atoms with Crippen molar-refractivity contribution in [1.29, 1.82) is 0 Å². The second-order valence-corrected chi connectivity index (χ2v) is 12.9. The van der Waals surface area contributed by atoms with E-state index < -0.39 is 8.07 Å². The van der Waals surface area contributed by atoms with Crippen LogP contribution in [0.3, 0.4) is 0 Å². The van der Waals surface area contributed by atoms with Gasteiger partial charge in [0.25, 0.3) is 0 Å². The van der Waals surface area contributed by atoms with Gasteiger partial charge in [0.2, 0.25) is 5.91 Å². The lowest BCUT2D eigenvalue weighted by molar-refractivity contribution is -0.126. The third kappa shape index (κ3) is 6.32. The fraction of sp³-hybridized carbons (Fsp3) is 0.227. The average molecular weight is 384 g/mol. The summed E-state index contributed by atoms with van der Waals surface area (Å²) in [6.45, 7) is 8.97. The summed E-state index contributed by atoms with van der Waals surface area (Å²) in [6, 6.07) is 17.7. The minimum atomic E-state index is -1.33. The minimum absolute atomic E-state index is 0.00137. The molecule has 0 fully saturated rings. The first-order valence-corrected chi connectivity index (χ1v) is 12.7. The molecule has 0 saturated heterocycles. The van der Waals surface area contributed by atoms with E-state index in [-0.39, 0.29) is 5.91 Å². The second-order valence-electron chi connectivity index (χ2n) is 7.38. The smallest absolute Gasteiger partial charge is 0.224 e. The number of carbonyl (C=O) groups excluding carboxylic acids is 1. The van der Waals surface area contributed by atoms with E-state index in [1.165, 1.54) is 0 Å². The number of nitrogens with zero attached hydrogens (tertiary/aromatic N) is 1. The van der Waals surface area contributed by atoms with Crippen molar-refractivity contribution in [1.82, 2.24) is 4.90 Å². The van der Waals surface area contributed by atoms with Crippen molar-refractivity contribution >= 4 is 31.3 Å². The van der Waals surface area contributed by atoms with Gasteiger partial charge >= 0.3 is 0 Å². The molecule has 0 radical (unpaired) electrons. The van der Waals surface area contributed by atoms with Gasteiger partial charge in [-0.05, 0) is 29.3 Å². The molecular weight excluding hydrogens is 358 g/mol. The molecule has 0 aliphatic heterocycles. The zero-order valence-electron chi connectivity index (χ0n) is 15.9. The number of amides is 1. The molecule has 2 aromatic carbocycles. The van der Waals surface area contributed by atoms with Gasteiger partial charge in [0, 0.05) is 11.9 Å². The maximum atomic E-state index is 12.4. The van der Waals surface area contributed by atoms with Gasteiger partial charge in [-0.15, -0.1) is 0 Å². The Kier molecular flexibility index (Phi) is 7.01. The van der Waals surface area contributed by atoms with E-state index in [0.717, 1.165) is 16.8 Å². The third-order valence-corrected chi connectivity index (χ3v) is 5.25. The normalized spacial score (nSPS) is 12.4. The maximum Gasteiger partial charge on any atom is 0.224 e. The van der Waals surface area contributed by atoms with Crippen LogP contribution in [0.25, 0.3) is 5.70 Å². The summed E-state index contributed by atoms with van der Waals surface area (Å²) in [5.41, 5.74) is 5.14. The molecule has 2 rings (SSSR count). The van der Waals surface area contributed by atoms with Crippen LogP contribution in [-0.2, 0) is 11.3 Å². The van der Waals surface area contributed by atoms with Crippen LogP contribution in [0.1, 0.15) is 18.1 Å². The quantitative estimate of drug-likeness (QED) is 0.431. The summed E-state index contributed by atoms with van der Waals surface area (Å²) < 4.78 is 0. The van der Waals surface area contributed by atoms with E-state index in [9.17, 15) is 4.79 Å². The van der Waals surface area contributed by atoms with Gasteiger partial charge in [-0.25, -0.2) is 0 Å². The van der Waals surface area contributed by atoms with E-state index in [2.05, 4.69) is 31.4 Å². The first kappa shape index (κ1) is 20.2. The number of benzene rings is 2. The molecule has 0 bridgehead atoms. The molecule has 0 N–H and O–H groups in total. The lowest BCUT2D eigenvalue weighted by Gasteiger charge is -2.25. The Morgan fingerprint density at radius 2 is 1.77 bits per heavy atom. The van der Waals surface area contributed by atoms with E-state index >= 15 is 0 Å². The number of carbonyl (C=O) groups is 1. The van der Waals surface area contributed by atoms with Crippen LogP contribution < -0.4 is 0 Å². The van der Waals surface area contributed by atoms with Crippen LogP contribution in [0, 0.1) is 0 Å². The van der Waals surface area contributed by atoms with Crippen LogP contribution >= 0.6 is 11.6 Å². The number of halogens is 1. The molecule has 0 heterocycles. The molecule has 1 amide bonds. The molecule has 136 valence electrons. The topological polar surface area (TPSA) is 20.3 Å². The Hall–Kier alpha value is -2.10. The number of rotatable bonds is 6. The number of allylic oxidation sites excluding steroid dienone is 2. The van der Waals surface area contributed by atoms with Gasteiger partial charge in [0.05, 0.1) is 20.3 Å². The zero-order chi connectivity index (χ0) is 19.2. The fourth-order valence-electron chi connectivity index (χ4n) is 2.55. The van der Waals surface area contributed by atoms with Crippen molar-refractivity contribution in [3.05, 3.63) is 88.6 Å². The fourth-order valence-corrected chi connectivity index (χ4v) is 3.41. The summed E-state index contributed by atoms with van der Waals surface area (Å²) in [7, 11) is -1.33. The van der Waals surface area contributed by atoms with Crippen molar-refractivity contribution in [3.63, 3.8) is 0 Å². The van der Waals surface area contributed by atoms with Gasteiger partial charge in [-0.2, -0.15) is 0 Å². The first-order valence-electron chi connectivity index (χ1n) is 8.74. The lowest BCUT2D eigenvalue weighted by atomic mass is 10.1. The van der Waals surface area contributed by atoms with Crippen molar-refractivity contribution in [2.75, 3.05) is 0 Å². The molecule has 0 aromatic heterocycles. The highest BCUT2D eigenvalue weighted by molar-refractivity contribution is 6.81. The Morgan fingerprint density at radius 3 is 2.35 bits per heavy atom. The molecule has 0 unspecified atom stereocenters. The molecule has 0 saturated carbocycles. The Morgan fingerprint density at radius 1 is 1.08 bits per heavy atom. The summed E-state index contributed by atoms with van der Waals surface area (Å²) in [4.78, 5) is 14.2. The monoisotopic (exact) mass is 383 g/mol. The van der Waals surface area contributed by atoms with Crippen LogP contribution in [-0.4, -0.2) is 18.9 Å². The van der Waals surface area contributed by atoms with Gasteiger partial charge in [-0.1, -0.05) is 85.5 Å². The van der Waals surface area contributed by atoms with Crippen LogP contribution in [0.4, 0.5) is 0 Å². The second kappa shape index (κ2) is 9.02. The Balaban J connectivity index is 2.47. The first-order chi connectivity index (χ1) is 12.3. The summed E-state index contributed by atoms with van der Waals surface area (Å²) in [6.07, 6.45) is 4.09. The largest absolute Gasteiger partial charge is 0.308 e. The highest BCUT2D eigenvalue weighted by Crippen LogP contribution is 2.25. The molecule has 4 heteroatoms. The van der Waals surface area contributed by atoms with Gasteiger partial charge in [0.15, 0.2) is 0 Å². The Labute approximate surface area is 162 Å². The third-order valence-electron chi connectivity index (χ3n) is 3.83. The van der Waals surface area contributed by atoms with Crippen molar-refractivity contribution in [2.45, 2.75) is 33.1 Å². The summed E-state index contributed by atoms with van der Waals surface area (Å²) in [5.74, 6) is 0.00137. The molecule has 26 heavy (non-hydrogen) atoms. The predicted octanol–water partition coefficient (Wildman–Crippen LogP) is 6.16. The van der Waals surface area contributed by atoms with E-state index in [0.29, 0.717) is 11.6 Å². The minimum Gasteiger partial charge on any atom is -0.308 e. The molecule has 0 atom stereocenters.